The molecule has 3 rings (SSSR count). The number of carbonyl (C=O) groups excluding carboxylic acids is 1. The first-order chi connectivity index (χ1) is 11.5. The third kappa shape index (κ3) is 3.35. The van der Waals surface area contributed by atoms with E-state index in [0.29, 0.717) is 37.0 Å². The van der Waals surface area contributed by atoms with Gasteiger partial charge >= 0.3 is 5.97 Å². The number of halogens is 1. The lowest BCUT2D eigenvalue weighted by Gasteiger charge is -2.36. The average molecular weight is 332 g/mol. The summed E-state index contributed by atoms with van der Waals surface area (Å²) in [6, 6.07) is 5.76. The molecule has 0 aliphatic carbocycles. The van der Waals surface area contributed by atoms with Gasteiger partial charge in [0.2, 0.25) is 0 Å². The van der Waals surface area contributed by atoms with Crippen LogP contribution in [0, 0.1) is 5.82 Å². The van der Waals surface area contributed by atoms with Gasteiger partial charge in [0.1, 0.15) is 5.82 Å². The van der Waals surface area contributed by atoms with Gasteiger partial charge in [-0.05, 0) is 31.0 Å². The van der Waals surface area contributed by atoms with E-state index in [-0.39, 0.29) is 12.0 Å². The van der Waals surface area contributed by atoms with Crippen molar-refractivity contribution in [3.05, 3.63) is 41.8 Å². The van der Waals surface area contributed by atoms with E-state index in [4.69, 9.17) is 9.84 Å². The minimum absolute atomic E-state index is 0.0989. The van der Waals surface area contributed by atoms with Crippen molar-refractivity contribution < 1.29 is 23.8 Å². The number of aliphatic carboxylic acids is 1. The molecule has 1 aromatic carbocycles. The lowest BCUT2D eigenvalue weighted by atomic mass is 9.86. The summed E-state index contributed by atoms with van der Waals surface area (Å²) in [5, 5.41) is 12.5. The Morgan fingerprint density at radius 3 is 2.79 bits per heavy atom. The molecule has 0 spiro atoms. The van der Waals surface area contributed by atoms with Crippen LogP contribution in [0.2, 0.25) is 0 Å². The molecule has 1 amide bonds. The van der Waals surface area contributed by atoms with Gasteiger partial charge in [0.25, 0.3) is 5.91 Å². The molecule has 1 aromatic heterocycles. The van der Waals surface area contributed by atoms with Gasteiger partial charge in [-0.3, -0.25) is 14.6 Å². The fourth-order valence-corrected chi connectivity index (χ4v) is 3.03. The van der Waals surface area contributed by atoms with E-state index in [1.54, 1.807) is 12.1 Å². The Kier molecular flexibility index (Phi) is 4.44. The molecular weight excluding hydrogens is 315 g/mol. The van der Waals surface area contributed by atoms with Crippen LogP contribution in [0.1, 0.15) is 29.6 Å². The minimum Gasteiger partial charge on any atom is -0.481 e. The minimum atomic E-state index is -1.00. The third-order valence-corrected chi connectivity index (χ3v) is 4.23. The summed E-state index contributed by atoms with van der Waals surface area (Å²) in [4.78, 5) is 28.1. The Hall–Kier alpha value is -2.54. The van der Waals surface area contributed by atoms with E-state index in [1.165, 1.54) is 12.3 Å². The first kappa shape index (κ1) is 16.3. The third-order valence-electron chi connectivity index (χ3n) is 4.23. The highest BCUT2D eigenvalue weighted by molar-refractivity contribution is 6.05. The topological polar surface area (TPSA) is 88.5 Å². The van der Waals surface area contributed by atoms with E-state index in [2.05, 4.69) is 10.3 Å². The molecule has 0 radical (unpaired) electrons. The Morgan fingerprint density at radius 2 is 2.08 bits per heavy atom. The molecule has 0 atom stereocenters. The largest absolute Gasteiger partial charge is 0.481 e. The second-order valence-electron chi connectivity index (χ2n) is 5.95. The maximum Gasteiger partial charge on any atom is 0.305 e. The SMILES string of the molecule is O=C(O)CC1(NC(=O)c2cc(F)cc3cccnc23)CCOCC1. The lowest BCUT2D eigenvalue weighted by molar-refractivity contribution is -0.139. The predicted octanol–water partition coefficient (Wildman–Crippen LogP) is 2.13. The van der Waals surface area contributed by atoms with Crippen molar-refractivity contribution in [3.8, 4) is 0 Å². The number of hydrogen-bond donors (Lipinski definition) is 2. The number of nitrogens with zero attached hydrogens (tertiary/aromatic N) is 1. The van der Waals surface area contributed by atoms with Crippen molar-refractivity contribution in [1.82, 2.24) is 10.3 Å². The van der Waals surface area contributed by atoms with E-state index < -0.39 is 23.2 Å². The molecular formula is C17H17FN2O4. The normalized spacial score (nSPS) is 16.7. The van der Waals surface area contributed by atoms with Crippen LogP contribution < -0.4 is 5.32 Å². The molecule has 1 fully saturated rings. The fourth-order valence-electron chi connectivity index (χ4n) is 3.03. The van der Waals surface area contributed by atoms with Crippen LogP contribution in [0.5, 0.6) is 0 Å². The maximum atomic E-state index is 13.8. The number of nitrogens with one attached hydrogen (secondary N) is 1. The highest BCUT2D eigenvalue weighted by Crippen LogP contribution is 2.26. The number of carboxylic acids is 1. The highest BCUT2D eigenvalue weighted by atomic mass is 19.1. The smallest absolute Gasteiger partial charge is 0.305 e. The number of ether oxygens (including phenoxy) is 1. The molecule has 0 saturated carbocycles. The van der Waals surface area contributed by atoms with Gasteiger partial charge in [-0.25, -0.2) is 4.39 Å². The summed E-state index contributed by atoms with van der Waals surface area (Å²) in [5.74, 6) is -2.07. The van der Waals surface area contributed by atoms with Gasteiger partial charge in [0.15, 0.2) is 0 Å². The number of fused-ring (bicyclic) bond motifs is 1. The number of benzene rings is 1. The molecule has 7 heteroatoms. The summed E-state index contributed by atoms with van der Waals surface area (Å²) in [7, 11) is 0. The summed E-state index contributed by atoms with van der Waals surface area (Å²) >= 11 is 0. The Bertz CT molecular complexity index is 787. The molecule has 6 nitrogen and oxygen atoms in total. The zero-order chi connectivity index (χ0) is 17.2. The van der Waals surface area contributed by atoms with Crippen LogP contribution in [0.15, 0.2) is 30.5 Å². The Balaban J connectivity index is 1.95. The zero-order valence-corrected chi connectivity index (χ0v) is 12.9. The first-order valence-corrected chi connectivity index (χ1v) is 7.65. The van der Waals surface area contributed by atoms with Crippen molar-refractivity contribution in [2.45, 2.75) is 24.8 Å². The van der Waals surface area contributed by atoms with Crippen molar-refractivity contribution in [1.29, 1.82) is 0 Å². The summed E-state index contributed by atoms with van der Waals surface area (Å²) in [6.07, 6.45) is 2.11. The summed E-state index contributed by atoms with van der Waals surface area (Å²) < 4.78 is 19.1. The highest BCUT2D eigenvalue weighted by Gasteiger charge is 2.37. The van der Waals surface area contributed by atoms with Gasteiger partial charge in [-0.15, -0.1) is 0 Å². The average Bonchev–Trinajstić information content (AvgIpc) is 2.53. The van der Waals surface area contributed by atoms with Crippen LogP contribution in [0.25, 0.3) is 10.9 Å². The number of rotatable bonds is 4. The maximum absolute atomic E-state index is 13.8. The van der Waals surface area contributed by atoms with Crippen molar-refractivity contribution in [3.63, 3.8) is 0 Å². The predicted molar refractivity (Wildman–Crippen MR) is 84.2 cm³/mol. The molecule has 2 heterocycles. The first-order valence-electron chi connectivity index (χ1n) is 7.65. The molecule has 24 heavy (non-hydrogen) atoms. The molecule has 126 valence electrons. The fraction of sp³-hybridized carbons (Fsp3) is 0.353. The molecule has 1 aliphatic heterocycles. The quantitative estimate of drug-likeness (QED) is 0.895. The molecule has 2 aromatic rings. The van der Waals surface area contributed by atoms with Gasteiger partial charge in [0.05, 0.1) is 23.0 Å². The second kappa shape index (κ2) is 6.52. The monoisotopic (exact) mass is 332 g/mol. The van der Waals surface area contributed by atoms with Gasteiger partial charge in [0, 0.05) is 24.8 Å². The van der Waals surface area contributed by atoms with E-state index >= 15 is 0 Å². The van der Waals surface area contributed by atoms with E-state index in [9.17, 15) is 14.0 Å². The number of pyridine rings is 1. The summed E-state index contributed by atoms with van der Waals surface area (Å²) in [6.45, 7) is 0.741. The Labute approximate surface area is 137 Å². The van der Waals surface area contributed by atoms with Crippen molar-refractivity contribution in [2.24, 2.45) is 0 Å². The van der Waals surface area contributed by atoms with Crippen molar-refractivity contribution >= 4 is 22.8 Å². The number of hydrogen-bond acceptors (Lipinski definition) is 4. The zero-order valence-electron chi connectivity index (χ0n) is 12.9. The van der Waals surface area contributed by atoms with Gasteiger partial charge in [-0.1, -0.05) is 6.07 Å². The number of aromatic nitrogens is 1. The van der Waals surface area contributed by atoms with Crippen LogP contribution >= 0.6 is 0 Å². The van der Waals surface area contributed by atoms with Crippen LogP contribution in [-0.4, -0.2) is 40.7 Å². The van der Waals surface area contributed by atoms with Crippen LogP contribution in [0.3, 0.4) is 0 Å². The Morgan fingerprint density at radius 1 is 1.33 bits per heavy atom. The standard InChI is InChI=1S/C17H17FN2O4/c18-12-8-11-2-1-5-19-15(11)13(9-12)16(23)20-17(10-14(21)22)3-6-24-7-4-17/h1-2,5,8-9H,3-4,6-7,10H2,(H,20,23)(H,21,22). The number of carbonyl (C=O) groups is 2. The van der Waals surface area contributed by atoms with Gasteiger partial charge < -0.3 is 15.2 Å². The summed E-state index contributed by atoms with van der Waals surface area (Å²) in [5.41, 5.74) is -0.412. The molecule has 2 N–H and O–H groups in total. The van der Waals surface area contributed by atoms with Crippen LogP contribution in [0.4, 0.5) is 4.39 Å². The number of amides is 1. The van der Waals surface area contributed by atoms with E-state index in [1.807, 2.05) is 0 Å². The number of carboxylic acid groups (broad SMARTS) is 1. The molecule has 0 unspecified atom stereocenters. The molecule has 0 bridgehead atoms. The lowest BCUT2D eigenvalue weighted by Crippen LogP contribution is -2.53. The van der Waals surface area contributed by atoms with Crippen molar-refractivity contribution in [2.75, 3.05) is 13.2 Å². The van der Waals surface area contributed by atoms with Crippen LogP contribution in [-0.2, 0) is 9.53 Å². The molecule has 1 saturated heterocycles. The second-order valence-corrected chi connectivity index (χ2v) is 5.95. The van der Waals surface area contributed by atoms with Gasteiger partial charge in [-0.2, -0.15) is 0 Å². The van der Waals surface area contributed by atoms with E-state index in [0.717, 1.165) is 6.07 Å². The molecule has 1 aliphatic rings.